The zero-order valence-electron chi connectivity index (χ0n) is 9.49. The zero-order valence-corrected chi connectivity index (χ0v) is 9.49. The second-order valence-electron chi connectivity index (χ2n) is 4.17. The summed E-state index contributed by atoms with van der Waals surface area (Å²) in [4.78, 5) is 0. The molecular formula is C11H19N3O. The van der Waals surface area contributed by atoms with Crippen molar-refractivity contribution < 1.29 is 4.74 Å². The van der Waals surface area contributed by atoms with Gasteiger partial charge in [0.1, 0.15) is 0 Å². The van der Waals surface area contributed by atoms with E-state index < -0.39 is 0 Å². The van der Waals surface area contributed by atoms with Crippen molar-refractivity contribution in [3.63, 3.8) is 0 Å². The number of hydrogen-bond acceptors (Lipinski definition) is 3. The molecule has 2 N–H and O–H groups in total. The third-order valence-electron chi connectivity index (χ3n) is 3.14. The monoisotopic (exact) mass is 209 g/mol. The molecule has 1 saturated heterocycles. The van der Waals surface area contributed by atoms with Gasteiger partial charge in [0.25, 0.3) is 0 Å². The topological polar surface area (TPSA) is 53.1 Å². The summed E-state index contributed by atoms with van der Waals surface area (Å²) in [5.74, 6) is 0. The Balaban J connectivity index is 2.13. The molecule has 1 aliphatic heterocycles. The Hall–Kier alpha value is -0.870. The summed E-state index contributed by atoms with van der Waals surface area (Å²) in [6.07, 6.45) is 2.66. The standard InChI is InChI=1S/C11H19N3O/c1-8-11(6-12)9(2)14(13-8)7-10-4-3-5-15-10/h10H,3-7,12H2,1-2H3. The molecule has 84 valence electrons. The van der Waals surface area contributed by atoms with Crippen LogP contribution in [0.15, 0.2) is 0 Å². The van der Waals surface area contributed by atoms with Crippen LogP contribution >= 0.6 is 0 Å². The fourth-order valence-electron chi connectivity index (χ4n) is 2.19. The van der Waals surface area contributed by atoms with E-state index in [1.165, 1.54) is 17.7 Å². The number of nitrogens with zero attached hydrogens (tertiary/aromatic N) is 2. The summed E-state index contributed by atoms with van der Waals surface area (Å²) in [6, 6.07) is 0. The summed E-state index contributed by atoms with van der Waals surface area (Å²) >= 11 is 0. The number of hydrogen-bond donors (Lipinski definition) is 1. The highest BCUT2D eigenvalue weighted by Gasteiger charge is 2.18. The van der Waals surface area contributed by atoms with Gasteiger partial charge >= 0.3 is 0 Å². The molecule has 0 saturated carbocycles. The molecule has 4 nitrogen and oxygen atoms in total. The number of ether oxygens (including phenoxy) is 1. The largest absolute Gasteiger partial charge is 0.376 e. The van der Waals surface area contributed by atoms with Crippen molar-refractivity contribution in [1.29, 1.82) is 0 Å². The van der Waals surface area contributed by atoms with E-state index >= 15 is 0 Å². The van der Waals surface area contributed by atoms with Crippen molar-refractivity contribution in [1.82, 2.24) is 9.78 Å². The first-order chi connectivity index (χ1) is 7.22. The fourth-order valence-corrected chi connectivity index (χ4v) is 2.19. The highest BCUT2D eigenvalue weighted by molar-refractivity contribution is 5.24. The molecule has 4 heteroatoms. The third kappa shape index (κ3) is 2.06. The lowest BCUT2D eigenvalue weighted by atomic mass is 10.2. The van der Waals surface area contributed by atoms with Crippen LogP contribution in [0.4, 0.5) is 0 Å². The maximum atomic E-state index is 5.69. The molecule has 2 rings (SSSR count). The SMILES string of the molecule is Cc1nn(CC2CCCO2)c(C)c1CN. The lowest BCUT2D eigenvalue weighted by Crippen LogP contribution is -2.17. The molecule has 1 aliphatic rings. The van der Waals surface area contributed by atoms with E-state index in [-0.39, 0.29) is 0 Å². The van der Waals surface area contributed by atoms with Crippen molar-refractivity contribution in [2.45, 2.75) is 45.9 Å². The minimum Gasteiger partial charge on any atom is -0.376 e. The van der Waals surface area contributed by atoms with Crippen molar-refractivity contribution >= 4 is 0 Å². The maximum Gasteiger partial charge on any atom is 0.0771 e. The molecule has 1 aromatic heterocycles. The molecule has 1 aromatic rings. The molecule has 1 atom stereocenters. The van der Waals surface area contributed by atoms with Crippen LogP contribution in [0, 0.1) is 13.8 Å². The van der Waals surface area contributed by atoms with Crippen LogP contribution < -0.4 is 5.73 Å². The van der Waals surface area contributed by atoms with Crippen molar-refractivity contribution in [3.8, 4) is 0 Å². The highest BCUT2D eigenvalue weighted by Crippen LogP contribution is 2.17. The van der Waals surface area contributed by atoms with Crippen molar-refractivity contribution in [2.75, 3.05) is 6.61 Å². The van der Waals surface area contributed by atoms with Gasteiger partial charge in [0.2, 0.25) is 0 Å². The Labute approximate surface area is 90.4 Å². The van der Waals surface area contributed by atoms with Gasteiger partial charge in [-0.05, 0) is 26.7 Å². The van der Waals surface area contributed by atoms with Crippen LogP contribution in [0.25, 0.3) is 0 Å². The predicted molar refractivity (Wildman–Crippen MR) is 58.6 cm³/mol. The summed E-state index contributed by atoms with van der Waals surface area (Å²) in [5, 5.41) is 4.50. The van der Waals surface area contributed by atoms with Gasteiger partial charge in [-0.1, -0.05) is 0 Å². The fraction of sp³-hybridized carbons (Fsp3) is 0.727. The van der Waals surface area contributed by atoms with Crippen LogP contribution in [-0.4, -0.2) is 22.5 Å². The first-order valence-electron chi connectivity index (χ1n) is 5.57. The minimum atomic E-state index is 0.341. The summed E-state index contributed by atoms with van der Waals surface area (Å²) < 4.78 is 7.64. The molecule has 1 unspecified atom stereocenters. The van der Waals surface area contributed by atoms with E-state index in [0.717, 1.165) is 25.3 Å². The smallest absolute Gasteiger partial charge is 0.0771 e. The quantitative estimate of drug-likeness (QED) is 0.812. The van der Waals surface area contributed by atoms with Crippen LogP contribution in [0.3, 0.4) is 0 Å². The molecule has 1 fully saturated rings. The molecule has 0 amide bonds. The van der Waals surface area contributed by atoms with E-state index in [2.05, 4.69) is 12.0 Å². The molecule has 0 bridgehead atoms. The molecule has 0 aliphatic carbocycles. The van der Waals surface area contributed by atoms with E-state index in [1.54, 1.807) is 0 Å². The number of rotatable bonds is 3. The minimum absolute atomic E-state index is 0.341. The van der Waals surface area contributed by atoms with Gasteiger partial charge in [-0.3, -0.25) is 4.68 Å². The van der Waals surface area contributed by atoms with E-state index in [0.29, 0.717) is 12.6 Å². The first kappa shape index (κ1) is 10.6. The number of aromatic nitrogens is 2. The van der Waals surface area contributed by atoms with Gasteiger partial charge in [-0.25, -0.2) is 0 Å². The molecule has 0 aromatic carbocycles. The van der Waals surface area contributed by atoms with Crippen LogP contribution in [0.2, 0.25) is 0 Å². The Morgan fingerprint density at radius 2 is 2.33 bits per heavy atom. The second-order valence-corrected chi connectivity index (χ2v) is 4.17. The van der Waals surface area contributed by atoms with Gasteiger partial charge in [-0.2, -0.15) is 5.10 Å². The van der Waals surface area contributed by atoms with Gasteiger partial charge in [0.05, 0.1) is 18.3 Å². The van der Waals surface area contributed by atoms with Gasteiger partial charge in [0, 0.05) is 24.4 Å². The molecule has 2 heterocycles. The summed E-state index contributed by atoms with van der Waals surface area (Å²) in [5.41, 5.74) is 9.10. The number of nitrogens with two attached hydrogens (primary N) is 1. The van der Waals surface area contributed by atoms with Crippen molar-refractivity contribution in [3.05, 3.63) is 17.0 Å². The summed E-state index contributed by atoms with van der Waals surface area (Å²) in [7, 11) is 0. The summed E-state index contributed by atoms with van der Waals surface area (Å²) in [6.45, 7) is 6.43. The Kier molecular flexibility index (Phi) is 3.07. The average Bonchev–Trinajstić information content (AvgIpc) is 2.78. The Bertz CT molecular complexity index is 340. The van der Waals surface area contributed by atoms with Crippen LogP contribution in [-0.2, 0) is 17.8 Å². The third-order valence-corrected chi connectivity index (χ3v) is 3.14. The van der Waals surface area contributed by atoms with E-state index in [9.17, 15) is 0 Å². The van der Waals surface area contributed by atoms with E-state index in [4.69, 9.17) is 10.5 Å². The normalized spacial score (nSPS) is 21.1. The van der Waals surface area contributed by atoms with Crippen LogP contribution in [0.1, 0.15) is 29.8 Å². The Morgan fingerprint density at radius 3 is 2.87 bits per heavy atom. The highest BCUT2D eigenvalue weighted by atomic mass is 16.5. The predicted octanol–water partition coefficient (Wildman–Crippen LogP) is 1.14. The van der Waals surface area contributed by atoms with Gasteiger partial charge in [0.15, 0.2) is 0 Å². The zero-order chi connectivity index (χ0) is 10.8. The molecule has 0 radical (unpaired) electrons. The second kappa shape index (κ2) is 4.33. The Morgan fingerprint density at radius 1 is 1.53 bits per heavy atom. The number of aryl methyl sites for hydroxylation is 1. The van der Waals surface area contributed by atoms with Gasteiger partial charge in [-0.15, -0.1) is 0 Å². The average molecular weight is 209 g/mol. The first-order valence-corrected chi connectivity index (χ1v) is 5.57. The lowest BCUT2D eigenvalue weighted by molar-refractivity contribution is 0.0934. The van der Waals surface area contributed by atoms with Gasteiger partial charge < -0.3 is 10.5 Å². The molecule has 15 heavy (non-hydrogen) atoms. The van der Waals surface area contributed by atoms with E-state index in [1.807, 2.05) is 11.6 Å². The maximum absolute atomic E-state index is 5.69. The molecule has 0 spiro atoms. The molecular weight excluding hydrogens is 190 g/mol. The van der Waals surface area contributed by atoms with Crippen LogP contribution in [0.5, 0.6) is 0 Å². The lowest BCUT2D eigenvalue weighted by Gasteiger charge is -2.10. The van der Waals surface area contributed by atoms with Crippen molar-refractivity contribution in [2.24, 2.45) is 5.73 Å².